The van der Waals surface area contributed by atoms with Gasteiger partial charge in [0.15, 0.2) is 0 Å². The van der Waals surface area contributed by atoms with Gasteiger partial charge in [0.25, 0.3) is 0 Å². The molecule has 1 aliphatic heterocycles. The van der Waals surface area contributed by atoms with Crippen LogP contribution in [0.25, 0.3) is 10.9 Å². The third-order valence-corrected chi connectivity index (χ3v) is 5.88. The molecule has 3 aromatic rings. The minimum Gasteiger partial charge on any atom is -0.358 e. The molecule has 0 aliphatic carbocycles. The number of rotatable bonds is 5. The third kappa shape index (κ3) is 4.60. The first-order valence-corrected chi connectivity index (χ1v) is 10.3. The van der Waals surface area contributed by atoms with Gasteiger partial charge < -0.3 is 15.2 Å². The standard InChI is InChI=1S/C22H24BrN3O/c23-18-5-7-19(8-6-18)25-22(27)16-9-12-26(13-10-16)14-11-20-15-17-3-1-2-4-21(17)24-20/h1-8,15-16,24H,9-14H2,(H,25,27). The predicted octanol–water partition coefficient (Wildman–Crippen LogP) is 4.82. The molecule has 2 heterocycles. The van der Waals surface area contributed by atoms with E-state index in [9.17, 15) is 4.79 Å². The van der Waals surface area contributed by atoms with Gasteiger partial charge in [-0.2, -0.15) is 0 Å². The average molecular weight is 426 g/mol. The molecule has 0 saturated carbocycles. The van der Waals surface area contributed by atoms with Crippen LogP contribution in [0.5, 0.6) is 0 Å². The summed E-state index contributed by atoms with van der Waals surface area (Å²) in [4.78, 5) is 18.5. The molecule has 2 N–H and O–H groups in total. The Labute approximate surface area is 168 Å². The molecule has 27 heavy (non-hydrogen) atoms. The van der Waals surface area contributed by atoms with Crippen LogP contribution in [-0.4, -0.2) is 35.4 Å². The summed E-state index contributed by atoms with van der Waals surface area (Å²) in [6.07, 6.45) is 2.87. The third-order valence-electron chi connectivity index (χ3n) is 5.35. The Morgan fingerprint density at radius 2 is 1.85 bits per heavy atom. The lowest BCUT2D eigenvalue weighted by Crippen LogP contribution is -2.39. The number of carbonyl (C=O) groups excluding carboxylic acids is 1. The van der Waals surface area contributed by atoms with Gasteiger partial charge in [0.05, 0.1) is 0 Å². The van der Waals surface area contributed by atoms with Crippen LogP contribution in [0.2, 0.25) is 0 Å². The number of para-hydroxylation sites is 1. The number of anilines is 1. The number of hydrogen-bond donors (Lipinski definition) is 2. The largest absolute Gasteiger partial charge is 0.358 e. The number of amides is 1. The van der Waals surface area contributed by atoms with Crippen molar-refractivity contribution in [2.24, 2.45) is 5.92 Å². The van der Waals surface area contributed by atoms with E-state index < -0.39 is 0 Å². The van der Waals surface area contributed by atoms with Gasteiger partial charge in [-0.15, -0.1) is 0 Å². The van der Waals surface area contributed by atoms with Crippen molar-refractivity contribution in [3.05, 3.63) is 64.8 Å². The predicted molar refractivity (Wildman–Crippen MR) is 114 cm³/mol. The van der Waals surface area contributed by atoms with Crippen molar-refractivity contribution in [1.82, 2.24) is 9.88 Å². The normalized spacial score (nSPS) is 15.9. The first-order chi connectivity index (χ1) is 13.2. The zero-order chi connectivity index (χ0) is 18.6. The van der Waals surface area contributed by atoms with E-state index in [2.05, 4.69) is 61.5 Å². The Balaban J connectivity index is 1.24. The lowest BCUT2D eigenvalue weighted by molar-refractivity contribution is -0.121. The number of aromatic nitrogens is 1. The average Bonchev–Trinajstić information content (AvgIpc) is 3.11. The quantitative estimate of drug-likeness (QED) is 0.615. The summed E-state index contributed by atoms with van der Waals surface area (Å²) in [5.74, 6) is 0.255. The van der Waals surface area contributed by atoms with Crippen molar-refractivity contribution < 1.29 is 4.79 Å². The molecular weight excluding hydrogens is 402 g/mol. The maximum atomic E-state index is 12.5. The second-order valence-corrected chi connectivity index (χ2v) is 8.16. The number of nitrogens with zero attached hydrogens (tertiary/aromatic N) is 1. The van der Waals surface area contributed by atoms with Gasteiger partial charge in [0, 0.05) is 40.3 Å². The zero-order valence-electron chi connectivity index (χ0n) is 15.2. The smallest absolute Gasteiger partial charge is 0.227 e. The van der Waals surface area contributed by atoms with E-state index in [-0.39, 0.29) is 11.8 Å². The molecule has 0 radical (unpaired) electrons. The number of carbonyl (C=O) groups is 1. The fourth-order valence-corrected chi connectivity index (χ4v) is 4.01. The first kappa shape index (κ1) is 18.3. The molecule has 1 amide bonds. The minimum absolute atomic E-state index is 0.109. The first-order valence-electron chi connectivity index (χ1n) is 9.53. The lowest BCUT2D eigenvalue weighted by Gasteiger charge is -2.31. The van der Waals surface area contributed by atoms with Gasteiger partial charge in [-0.05, 0) is 67.7 Å². The fourth-order valence-electron chi connectivity index (χ4n) is 3.74. The SMILES string of the molecule is O=C(Nc1ccc(Br)cc1)C1CCN(CCc2cc3ccccc3[nH]2)CC1. The molecule has 1 aromatic heterocycles. The molecule has 0 atom stereocenters. The minimum atomic E-state index is 0.109. The van der Waals surface area contributed by atoms with Crippen LogP contribution < -0.4 is 5.32 Å². The monoisotopic (exact) mass is 425 g/mol. The molecule has 4 nitrogen and oxygen atoms in total. The molecule has 4 rings (SSSR count). The van der Waals surface area contributed by atoms with Crippen molar-refractivity contribution in [3.63, 3.8) is 0 Å². The van der Waals surface area contributed by atoms with E-state index in [0.717, 1.165) is 49.1 Å². The van der Waals surface area contributed by atoms with Crippen molar-refractivity contribution in [3.8, 4) is 0 Å². The van der Waals surface area contributed by atoms with E-state index in [1.807, 2.05) is 24.3 Å². The maximum absolute atomic E-state index is 12.5. The second-order valence-electron chi connectivity index (χ2n) is 7.24. The van der Waals surface area contributed by atoms with Crippen LogP contribution in [-0.2, 0) is 11.2 Å². The van der Waals surface area contributed by atoms with Crippen LogP contribution in [0, 0.1) is 5.92 Å². The molecule has 1 fully saturated rings. The van der Waals surface area contributed by atoms with Gasteiger partial charge in [-0.3, -0.25) is 4.79 Å². The van der Waals surface area contributed by atoms with Crippen molar-refractivity contribution >= 4 is 38.4 Å². The Morgan fingerprint density at radius 3 is 2.59 bits per heavy atom. The van der Waals surface area contributed by atoms with Gasteiger partial charge in [0.2, 0.25) is 5.91 Å². The number of halogens is 1. The van der Waals surface area contributed by atoms with Crippen molar-refractivity contribution in [1.29, 1.82) is 0 Å². The highest BCUT2D eigenvalue weighted by molar-refractivity contribution is 9.10. The Morgan fingerprint density at radius 1 is 1.11 bits per heavy atom. The summed E-state index contributed by atoms with van der Waals surface area (Å²) >= 11 is 3.42. The van der Waals surface area contributed by atoms with Gasteiger partial charge in [-0.1, -0.05) is 34.1 Å². The molecule has 2 aromatic carbocycles. The fraction of sp³-hybridized carbons (Fsp3) is 0.318. The van der Waals surface area contributed by atoms with Crippen LogP contribution in [0.15, 0.2) is 59.1 Å². The van der Waals surface area contributed by atoms with E-state index in [1.54, 1.807) is 0 Å². The van der Waals surface area contributed by atoms with Gasteiger partial charge >= 0.3 is 0 Å². The summed E-state index contributed by atoms with van der Waals surface area (Å²) in [6.45, 7) is 3.01. The summed E-state index contributed by atoms with van der Waals surface area (Å²) in [5.41, 5.74) is 3.35. The number of benzene rings is 2. The van der Waals surface area contributed by atoms with E-state index in [0.29, 0.717) is 0 Å². The summed E-state index contributed by atoms with van der Waals surface area (Å²) < 4.78 is 1.02. The second kappa shape index (κ2) is 8.28. The Kier molecular flexibility index (Phi) is 5.60. The van der Waals surface area contributed by atoms with Crippen molar-refractivity contribution in [2.75, 3.05) is 25.0 Å². The summed E-state index contributed by atoms with van der Waals surface area (Å²) in [5, 5.41) is 4.32. The molecule has 1 aliphatic rings. The molecule has 1 saturated heterocycles. The van der Waals surface area contributed by atoms with Gasteiger partial charge in [0.1, 0.15) is 0 Å². The van der Waals surface area contributed by atoms with E-state index in [1.165, 1.54) is 16.6 Å². The molecule has 0 unspecified atom stereocenters. The number of piperidine rings is 1. The number of hydrogen-bond acceptors (Lipinski definition) is 2. The number of H-pyrrole nitrogens is 1. The lowest BCUT2D eigenvalue weighted by atomic mass is 9.95. The molecule has 5 heteroatoms. The van der Waals surface area contributed by atoms with E-state index >= 15 is 0 Å². The Bertz CT molecular complexity index is 878. The molecule has 0 spiro atoms. The molecule has 140 valence electrons. The number of likely N-dealkylation sites (tertiary alicyclic amines) is 1. The highest BCUT2D eigenvalue weighted by Crippen LogP contribution is 2.21. The highest BCUT2D eigenvalue weighted by Gasteiger charge is 2.24. The van der Waals surface area contributed by atoms with Crippen LogP contribution in [0.4, 0.5) is 5.69 Å². The van der Waals surface area contributed by atoms with Crippen molar-refractivity contribution in [2.45, 2.75) is 19.3 Å². The molecular formula is C22H24BrN3O. The Hall–Kier alpha value is -2.11. The highest BCUT2D eigenvalue weighted by atomic mass is 79.9. The van der Waals surface area contributed by atoms with Gasteiger partial charge in [-0.25, -0.2) is 0 Å². The van der Waals surface area contributed by atoms with Crippen LogP contribution in [0.3, 0.4) is 0 Å². The summed E-state index contributed by atoms with van der Waals surface area (Å²) in [6, 6.07) is 18.4. The van der Waals surface area contributed by atoms with Crippen LogP contribution >= 0.6 is 15.9 Å². The topological polar surface area (TPSA) is 48.1 Å². The zero-order valence-corrected chi connectivity index (χ0v) is 16.8. The van der Waals surface area contributed by atoms with Crippen LogP contribution in [0.1, 0.15) is 18.5 Å². The molecule has 0 bridgehead atoms. The number of fused-ring (bicyclic) bond motifs is 1. The van der Waals surface area contributed by atoms with E-state index in [4.69, 9.17) is 0 Å². The maximum Gasteiger partial charge on any atom is 0.227 e. The number of aromatic amines is 1. The summed E-state index contributed by atoms with van der Waals surface area (Å²) in [7, 11) is 0. The number of nitrogens with one attached hydrogen (secondary N) is 2.